The Bertz CT molecular complexity index is 443. The summed E-state index contributed by atoms with van der Waals surface area (Å²) in [5.41, 5.74) is 2.78. The number of hydrogen-bond donors (Lipinski definition) is 1. The average molecular weight is 291 g/mol. The highest BCUT2D eigenvalue weighted by molar-refractivity contribution is 5.30. The number of aryl methyl sites for hydroxylation is 1. The van der Waals surface area contributed by atoms with Crippen LogP contribution in [0.4, 0.5) is 0 Å². The van der Waals surface area contributed by atoms with Crippen molar-refractivity contribution in [1.29, 1.82) is 0 Å². The lowest BCUT2D eigenvalue weighted by molar-refractivity contribution is 0.388. The largest absolute Gasteiger partial charge is 0.493 e. The van der Waals surface area contributed by atoms with Crippen LogP contribution in [0.15, 0.2) is 17.8 Å². The van der Waals surface area contributed by atoms with E-state index in [0.717, 1.165) is 31.7 Å². The van der Waals surface area contributed by atoms with Crippen molar-refractivity contribution in [2.24, 2.45) is 0 Å². The first-order chi connectivity index (χ1) is 10.3. The van der Waals surface area contributed by atoms with Crippen LogP contribution in [-0.2, 0) is 6.54 Å². The van der Waals surface area contributed by atoms with E-state index in [1.807, 2.05) is 6.20 Å². The predicted octanol–water partition coefficient (Wildman–Crippen LogP) is 3.84. The average Bonchev–Trinajstić information content (AvgIpc) is 2.95. The molecule has 118 valence electrons. The van der Waals surface area contributed by atoms with Crippen molar-refractivity contribution >= 4 is 0 Å². The van der Waals surface area contributed by atoms with Crippen LogP contribution in [0.25, 0.3) is 0 Å². The molecule has 1 heterocycles. The quantitative estimate of drug-likeness (QED) is 0.740. The topological polar surface area (TPSA) is 39.1 Å². The van der Waals surface area contributed by atoms with Gasteiger partial charge in [0.25, 0.3) is 0 Å². The van der Waals surface area contributed by atoms with E-state index in [1.54, 1.807) is 12.7 Å². The predicted molar refractivity (Wildman–Crippen MR) is 86.7 cm³/mol. The van der Waals surface area contributed by atoms with Gasteiger partial charge in [-0.3, -0.25) is 4.68 Å². The fourth-order valence-corrected chi connectivity index (χ4v) is 3.07. The maximum absolute atomic E-state index is 5.54. The lowest BCUT2D eigenvalue weighted by Gasteiger charge is -2.23. The highest BCUT2D eigenvalue weighted by Gasteiger charge is 2.22. The molecular formula is C17H29N3O. The van der Waals surface area contributed by atoms with Crippen LogP contribution < -0.4 is 10.1 Å². The van der Waals surface area contributed by atoms with Gasteiger partial charge < -0.3 is 10.1 Å². The molecule has 0 bridgehead atoms. The molecule has 1 unspecified atom stereocenters. The standard InChI is InChI=1S/C17H29N3O/c1-4-11-18-15(12-14-9-7-6-8-10-14)17-16(21-3)13-19-20(17)5-2/h9,13,15,18H,4-8,10-12H2,1-3H3. The summed E-state index contributed by atoms with van der Waals surface area (Å²) in [7, 11) is 1.73. The number of allylic oxidation sites excluding steroid dienone is 1. The Labute approximate surface area is 128 Å². The molecule has 0 aromatic carbocycles. The van der Waals surface area contributed by atoms with E-state index in [4.69, 9.17) is 4.74 Å². The zero-order valence-electron chi connectivity index (χ0n) is 13.7. The summed E-state index contributed by atoms with van der Waals surface area (Å²) in [6.45, 7) is 6.24. The Hall–Kier alpha value is -1.29. The molecule has 0 saturated carbocycles. The van der Waals surface area contributed by atoms with Crippen LogP contribution in [0.5, 0.6) is 5.75 Å². The maximum atomic E-state index is 5.54. The van der Waals surface area contributed by atoms with Crippen molar-refractivity contribution in [3.63, 3.8) is 0 Å². The molecule has 4 heteroatoms. The van der Waals surface area contributed by atoms with Crippen LogP contribution in [0.1, 0.15) is 64.1 Å². The second-order valence-electron chi connectivity index (χ2n) is 5.73. The monoisotopic (exact) mass is 291 g/mol. The first kappa shape index (κ1) is 16.1. The summed E-state index contributed by atoms with van der Waals surface area (Å²) in [5, 5.41) is 8.15. The smallest absolute Gasteiger partial charge is 0.161 e. The third kappa shape index (κ3) is 4.10. The van der Waals surface area contributed by atoms with E-state index < -0.39 is 0 Å². The van der Waals surface area contributed by atoms with Gasteiger partial charge in [0.05, 0.1) is 25.0 Å². The molecule has 0 spiro atoms. The van der Waals surface area contributed by atoms with Crippen molar-refractivity contribution in [3.8, 4) is 5.75 Å². The second-order valence-corrected chi connectivity index (χ2v) is 5.73. The summed E-state index contributed by atoms with van der Waals surface area (Å²) in [5.74, 6) is 0.905. The van der Waals surface area contributed by atoms with Gasteiger partial charge in [0.15, 0.2) is 5.75 Å². The lowest BCUT2D eigenvalue weighted by Crippen LogP contribution is -2.26. The number of ether oxygens (including phenoxy) is 1. The molecule has 1 aliphatic rings. The fourth-order valence-electron chi connectivity index (χ4n) is 3.07. The number of rotatable bonds is 8. The first-order valence-electron chi connectivity index (χ1n) is 8.31. The third-order valence-electron chi connectivity index (χ3n) is 4.19. The molecule has 1 atom stereocenters. The number of nitrogens with one attached hydrogen (secondary N) is 1. The van der Waals surface area contributed by atoms with Crippen molar-refractivity contribution in [3.05, 3.63) is 23.5 Å². The van der Waals surface area contributed by atoms with E-state index in [-0.39, 0.29) is 0 Å². The minimum Gasteiger partial charge on any atom is -0.493 e. The van der Waals surface area contributed by atoms with Gasteiger partial charge in [0, 0.05) is 6.54 Å². The highest BCUT2D eigenvalue weighted by atomic mass is 16.5. The van der Waals surface area contributed by atoms with Crippen molar-refractivity contribution in [2.75, 3.05) is 13.7 Å². The number of methoxy groups -OCH3 is 1. The Morgan fingerprint density at radius 1 is 1.38 bits per heavy atom. The molecule has 1 aromatic rings. The van der Waals surface area contributed by atoms with E-state index in [1.165, 1.54) is 31.4 Å². The lowest BCUT2D eigenvalue weighted by atomic mass is 9.93. The normalized spacial score (nSPS) is 16.6. The van der Waals surface area contributed by atoms with E-state index >= 15 is 0 Å². The summed E-state index contributed by atoms with van der Waals surface area (Å²) in [4.78, 5) is 0. The Morgan fingerprint density at radius 3 is 2.86 bits per heavy atom. The van der Waals surface area contributed by atoms with E-state index in [2.05, 4.69) is 35.0 Å². The minimum atomic E-state index is 0.298. The van der Waals surface area contributed by atoms with Gasteiger partial charge in [0.1, 0.15) is 0 Å². The summed E-state index contributed by atoms with van der Waals surface area (Å²) < 4.78 is 7.60. The van der Waals surface area contributed by atoms with E-state index in [9.17, 15) is 0 Å². The fraction of sp³-hybridized carbons (Fsp3) is 0.706. The third-order valence-corrected chi connectivity index (χ3v) is 4.19. The summed E-state index contributed by atoms with van der Waals surface area (Å²) >= 11 is 0. The highest BCUT2D eigenvalue weighted by Crippen LogP contribution is 2.32. The zero-order chi connectivity index (χ0) is 15.1. The van der Waals surface area contributed by atoms with Crippen LogP contribution >= 0.6 is 0 Å². The van der Waals surface area contributed by atoms with Gasteiger partial charge in [-0.2, -0.15) is 5.10 Å². The van der Waals surface area contributed by atoms with Gasteiger partial charge in [-0.25, -0.2) is 0 Å². The Balaban J connectivity index is 2.21. The van der Waals surface area contributed by atoms with Crippen LogP contribution in [0.2, 0.25) is 0 Å². The maximum Gasteiger partial charge on any atom is 0.161 e. The van der Waals surface area contributed by atoms with Crippen molar-refractivity contribution < 1.29 is 4.74 Å². The molecule has 21 heavy (non-hydrogen) atoms. The van der Waals surface area contributed by atoms with Crippen LogP contribution in [0.3, 0.4) is 0 Å². The van der Waals surface area contributed by atoms with Crippen molar-refractivity contribution in [1.82, 2.24) is 15.1 Å². The molecule has 1 N–H and O–H groups in total. The van der Waals surface area contributed by atoms with Gasteiger partial charge >= 0.3 is 0 Å². The van der Waals surface area contributed by atoms with Crippen molar-refractivity contribution in [2.45, 2.75) is 65.0 Å². The Kier molecular flexibility index (Phi) is 6.30. The number of nitrogens with zero attached hydrogens (tertiary/aromatic N) is 2. The first-order valence-corrected chi connectivity index (χ1v) is 8.31. The summed E-state index contributed by atoms with van der Waals surface area (Å²) in [6.07, 6.45) is 11.6. The zero-order valence-corrected chi connectivity index (χ0v) is 13.7. The molecular weight excluding hydrogens is 262 g/mol. The molecule has 2 rings (SSSR count). The van der Waals surface area contributed by atoms with Gasteiger partial charge in [-0.1, -0.05) is 18.6 Å². The number of aromatic nitrogens is 2. The SMILES string of the molecule is CCCNC(CC1=CCCCC1)c1c(OC)cnn1CC. The van der Waals surface area contributed by atoms with Gasteiger partial charge in [0.2, 0.25) is 0 Å². The Morgan fingerprint density at radius 2 is 2.24 bits per heavy atom. The van der Waals surface area contributed by atoms with Gasteiger partial charge in [-0.15, -0.1) is 0 Å². The second kappa shape index (κ2) is 8.23. The van der Waals surface area contributed by atoms with E-state index in [0.29, 0.717) is 6.04 Å². The molecule has 0 fully saturated rings. The van der Waals surface area contributed by atoms with Crippen LogP contribution in [0, 0.1) is 0 Å². The van der Waals surface area contributed by atoms with Gasteiger partial charge in [-0.05, 0) is 52.0 Å². The molecule has 4 nitrogen and oxygen atoms in total. The molecule has 0 radical (unpaired) electrons. The molecule has 0 saturated heterocycles. The molecule has 0 aliphatic heterocycles. The summed E-state index contributed by atoms with van der Waals surface area (Å²) in [6, 6.07) is 0.298. The number of hydrogen-bond acceptors (Lipinski definition) is 3. The molecule has 1 aromatic heterocycles. The van der Waals surface area contributed by atoms with Crippen LogP contribution in [-0.4, -0.2) is 23.4 Å². The molecule has 0 amide bonds. The molecule has 1 aliphatic carbocycles. The minimum absolute atomic E-state index is 0.298.